The molecule has 0 aromatic heterocycles. The van der Waals surface area contributed by atoms with Gasteiger partial charge in [0.1, 0.15) is 11.7 Å². The lowest BCUT2D eigenvalue weighted by Crippen LogP contribution is -2.09. The highest BCUT2D eigenvalue weighted by molar-refractivity contribution is 6.35. The number of hydrogen-bond donors (Lipinski definition) is 2. The second-order valence-corrected chi connectivity index (χ2v) is 10.5. The summed E-state index contributed by atoms with van der Waals surface area (Å²) in [5.41, 5.74) is 3.93. The molecule has 6 heteroatoms. The third-order valence-corrected chi connectivity index (χ3v) is 7.78. The number of benzene rings is 2. The van der Waals surface area contributed by atoms with Gasteiger partial charge in [0.25, 0.3) is 0 Å². The Balaban J connectivity index is 1.14. The highest BCUT2D eigenvalue weighted by Crippen LogP contribution is 2.40. The van der Waals surface area contributed by atoms with E-state index < -0.39 is 0 Å². The maximum atomic E-state index is 6.62. The quantitative estimate of drug-likeness (QED) is 0.481. The summed E-state index contributed by atoms with van der Waals surface area (Å²) in [6.07, 6.45) is 9.69. The van der Waals surface area contributed by atoms with Gasteiger partial charge in [-0.2, -0.15) is 0 Å². The zero-order valence-electron chi connectivity index (χ0n) is 18.1. The number of amidine groups is 2. The number of aliphatic imine (C=N–C) groups is 2. The first-order valence-corrected chi connectivity index (χ1v) is 12.6. The van der Waals surface area contributed by atoms with Gasteiger partial charge in [0.2, 0.25) is 0 Å². The first kappa shape index (κ1) is 20.6. The lowest BCUT2D eigenvalue weighted by Gasteiger charge is -2.12. The molecular formula is C26H28Cl2N4. The first-order valence-electron chi connectivity index (χ1n) is 11.9. The Kier molecular flexibility index (Phi) is 5.39. The molecule has 32 heavy (non-hydrogen) atoms. The number of hydrogen-bond acceptors (Lipinski definition) is 4. The van der Waals surface area contributed by atoms with E-state index in [1.54, 1.807) is 0 Å². The van der Waals surface area contributed by atoms with E-state index in [0.717, 1.165) is 71.7 Å². The van der Waals surface area contributed by atoms with Crippen LogP contribution in [0.5, 0.6) is 0 Å². The molecule has 2 aromatic rings. The van der Waals surface area contributed by atoms with Gasteiger partial charge in [-0.3, -0.25) is 9.98 Å². The average Bonchev–Trinajstić information content (AvgIpc) is 3.72. The molecule has 2 heterocycles. The fourth-order valence-electron chi connectivity index (χ4n) is 4.96. The molecule has 0 saturated heterocycles. The van der Waals surface area contributed by atoms with Crippen LogP contribution >= 0.6 is 23.2 Å². The topological polar surface area (TPSA) is 48.8 Å². The molecule has 6 rings (SSSR count). The van der Waals surface area contributed by atoms with Crippen LogP contribution in [0.2, 0.25) is 10.0 Å². The van der Waals surface area contributed by atoms with Gasteiger partial charge in [0.15, 0.2) is 0 Å². The SMILES string of the molecule is Clc1cc(-c2ccc(NC3=NC(C4CC4)CC3)c(Cl)c2)ccc1NC1=NC(C2CC2)CC1. The minimum absolute atomic E-state index is 0.514. The van der Waals surface area contributed by atoms with Gasteiger partial charge in [-0.1, -0.05) is 35.3 Å². The van der Waals surface area contributed by atoms with Crippen molar-refractivity contribution in [3.63, 3.8) is 0 Å². The van der Waals surface area contributed by atoms with E-state index in [-0.39, 0.29) is 0 Å². The molecule has 2 aliphatic carbocycles. The molecule has 2 N–H and O–H groups in total. The van der Waals surface area contributed by atoms with Crippen LogP contribution in [0.15, 0.2) is 46.4 Å². The van der Waals surface area contributed by atoms with E-state index in [4.69, 9.17) is 33.2 Å². The Morgan fingerprint density at radius 3 is 1.44 bits per heavy atom. The first-order chi connectivity index (χ1) is 15.6. The molecule has 2 fully saturated rings. The molecule has 2 atom stereocenters. The molecule has 166 valence electrons. The Morgan fingerprint density at radius 1 is 0.625 bits per heavy atom. The molecule has 4 nitrogen and oxygen atoms in total. The molecule has 2 unspecified atom stereocenters. The maximum absolute atomic E-state index is 6.62. The third kappa shape index (κ3) is 4.40. The molecule has 2 aliphatic heterocycles. The molecule has 0 bridgehead atoms. The average molecular weight is 467 g/mol. The summed E-state index contributed by atoms with van der Waals surface area (Å²) in [6.45, 7) is 0. The number of halogens is 2. The molecule has 0 radical (unpaired) electrons. The van der Waals surface area contributed by atoms with Crippen molar-refractivity contribution in [2.45, 2.75) is 63.5 Å². The Bertz CT molecular complexity index is 1010. The minimum Gasteiger partial charge on any atom is -0.343 e. The summed E-state index contributed by atoms with van der Waals surface area (Å²) in [5, 5.41) is 8.29. The molecule has 0 amide bonds. The van der Waals surface area contributed by atoms with Crippen molar-refractivity contribution >= 4 is 46.2 Å². The van der Waals surface area contributed by atoms with Crippen molar-refractivity contribution in [1.29, 1.82) is 0 Å². The van der Waals surface area contributed by atoms with Gasteiger partial charge in [-0.05, 0) is 85.8 Å². The van der Waals surface area contributed by atoms with Crippen molar-refractivity contribution in [1.82, 2.24) is 0 Å². The van der Waals surface area contributed by atoms with Crippen LogP contribution in [0.1, 0.15) is 51.4 Å². The lowest BCUT2D eigenvalue weighted by atomic mass is 10.0. The summed E-state index contributed by atoms with van der Waals surface area (Å²) >= 11 is 13.2. The zero-order valence-corrected chi connectivity index (χ0v) is 19.6. The summed E-state index contributed by atoms with van der Waals surface area (Å²) in [6, 6.07) is 13.3. The standard InChI is InChI=1S/C26H28Cl2N4/c27-19-13-17(5-7-23(19)31-25-11-9-21(29-25)15-1-2-15)18-6-8-24(20(28)14-18)32-26-12-10-22(30-26)16-3-4-16/h5-8,13-16,21-22H,1-4,9-12H2,(H,29,31)(H,30,32). The van der Waals surface area contributed by atoms with Crippen molar-refractivity contribution in [3.05, 3.63) is 46.4 Å². The van der Waals surface area contributed by atoms with E-state index in [2.05, 4.69) is 22.8 Å². The van der Waals surface area contributed by atoms with Crippen molar-refractivity contribution in [2.75, 3.05) is 10.6 Å². The molecule has 2 saturated carbocycles. The summed E-state index contributed by atoms with van der Waals surface area (Å²) in [7, 11) is 0. The highest BCUT2D eigenvalue weighted by atomic mass is 35.5. The molecule has 2 aromatic carbocycles. The second-order valence-electron chi connectivity index (χ2n) is 9.68. The number of nitrogens with one attached hydrogen (secondary N) is 2. The summed E-state index contributed by atoms with van der Waals surface area (Å²) < 4.78 is 0. The van der Waals surface area contributed by atoms with Crippen LogP contribution < -0.4 is 10.6 Å². The number of nitrogens with zero attached hydrogens (tertiary/aromatic N) is 2. The van der Waals surface area contributed by atoms with Gasteiger partial charge < -0.3 is 10.6 Å². The van der Waals surface area contributed by atoms with Crippen LogP contribution in [0.3, 0.4) is 0 Å². The monoisotopic (exact) mass is 466 g/mol. The van der Waals surface area contributed by atoms with E-state index in [9.17, 15) is 0 Å². The Labute approximate surface area is 199 Å². The predicted molar refractivity (Wildman–Crippen MR) is 136 cm³/mol. The highest BCUT2D eigenvalue weighted by Gasteiger charge is 2.34. The largest absolute Gasteiger partial charge is 0.343 e. The van der Waals surface area contributed by atoms with Gasteiger partial charge in [0.05, 0.1) is 33.5 Å². The fraction of sp³-hybridized carbons (Fsp3) is 0.462. The van der Waals surface area contributed by atoms with Crippen molar-refractivity contribution in [2.24, 2.45) is 21.8 Å². The Morgan fingerprint density at radius 2 is 1.06 bits per heavy atom. The Hall–Kier alpha value is -2.04. The van der Waals surface area contributed by atoms with Crippen LogP contribution in [0.4, 0.5) is 11.4 Å². The summed E-state index contributed by atoms with van der Waals surface area (Å²) in [4.78, 5) is 9.72. The van der Waals surface area contributed by atoms with Gasteiger partial charge in [-0.25, -0.2) is 0 Å². The fourth-order valence-corrected chi connectivity index (χ4v) is 5.42. The van der Waals surface area contributed by atoms with Crippen LogP contribution in [-0.4, -0.2) is 23.8 Å². The lowest BCUT2D eigenvalue weighted by molar-refractivity contribution is 0.595. The minimum atomic E-state index is 0.514. The molecule has 4 aliphatic rings. The van der Waals surface area contributed by atoms with Crippen molar-refractivity contribution < 1.29 is 0 Å². The van der Waals surface area contributed by atoms with Gasteiger partial charge >= 0.3 is 0 Å². The maximum Gasteiger partial charge on any atom is 0.101 e. The van der Waals surface area contributed by atoms with E-state index in [0.29, 0.717) is 22.1 Å². The smallest absolute Gasteiger partial charge is 0.101 e. The molecular weight excluding hydrogens is 439 g/mol. The van der Waals surface area contributed by atoms with Gasteiger partial charge in [0, 0.05) is 12.8 Å². The normalized spacial score (nSPS) is 24.9. The number of anilines is 2. The number of rotatable bonds is 5. The van der Waals surface area contributed by atoms with Crippen LogP contribution in [0.25, 0.3) is 11.1 Å². The van der Waals surface area contributed by atoms with Gasteiger partial charge in [-0.15, -0.1) is 0 Å². The zero-order chi connectivity index (χ0) is 21.7. The van der Waals surface area contributed by atoms with E-state index >= 15 is 0 Å². The van der Waals surface area contributed by atoms with Crippen molar-refractivity contribution in [3.8, 4) is 11.1 Å². The second kappa shape index (κ2) is 8.39. The predicted octanol–water partition coefficient (Wildman–Crippen LogP) is 7.43. The van der Waals surface area contributed by atoms with E-state index in [1.807, 2.05) is 24.3 Å². The van der Waals surface area contributed by atoms with Crippen LogP contribution in [0, 0.1) is 11.8 Å². The third-order valence-electron chi connectivity index (χ3n) is 7.16. The molecule has 0 spiro atoms. The van der Waals surface area contributed by atoms with Crippen LogP contribution in [-0.2, 0) is 0 Å². The summed E-state index contributed by atoms with van der Waals surface area (Å²) in [5.74, 6) is 3.76. The van der Waals surface area contributed by atoms with E-state index in [1.165, 1.54) is 25.7 Å².